The van der Waals surface area contributed by atoms with Gasteiger partial charge in [-0.05, 0) is 18.9 Å². The Kier molecular flexibility index (Phi) is 2.53. The first-order chi connectivity index (χ1) is 6.81. The van der Waals surface area contributed by atoms with Crippen LogP contribution in [-0.2, 0) is 6.42 Å². The summed E-state index contributed by atoms with van der Waals surface area (Å²) in [6, 6.07) is 8.95. The van der Waals surface area contributed by atoms with E-state index in [4.69, 9.17) is 0 Å². The summed E-state index contributed by atoms with van der Waals surface area (Å²) in [6.45, 7) is 5.23. The van der Waals surface area contributed by atoms with Crippen LogP contribution >= 0.6 is 0 Å². The predicted octanol–water partition coefficient (Wildman–Crippen LogP) is 1.99. The number of nitrogens with one attached hydrogen (secondary N) is 1. The lowest BCUT2D eigenvalue weighted by Crippen LogP contribution is -2.28. The predicted molar refractivity (Wildman–Crippen MR) is 59.8 cm³/mol. The van der Waals surface area contributed by atoms with Crippen LogP contribution < -0.4 is 5.32 Å². The maximum Gasteiger partial charge on any atom is 0.128 e. The molecule has 2 heteroatoms. The van der Waals surface area contributed by atoms with Crippen molar-refractivity contribution in [3.63, 3.8) is 0 Å². The van der Waals surface area contributed by atoms with E-state index in [0.717, 1.165) is 18.8 Å². The number of aliphatic imine (C=N–C) groups is 1. The molecule has 1 heterocycles. The highest BCUT2D eigenvalue weighted by Crippen LogP contribution is 2.12. The number of hydrogen-bond donors (Lipinski definition) is 1. The Morgan fingerprint density at radius 1 is 1.43 bits per heavy atom. The third-order valence-electron chi connectivity index (χ3n) is 2.56. The van der Waals surface area contributed by atoms with Crippen LogP contribution in [-0.4, -0.2) is 18.4 Å². The van der Waals surface area contributed by atoms with E-state index in [1.807, 2.05) is 0 Å². The molecule has 1 N–H and O–H groups in total. The van der Waals surface area contributed by atoms with Gasteiger partial charge in [-0.2, -0.15) is 0 Å². The number of benzene rings is 1. The van der Waals surface area contributed by atoms with Gasteiger partial charge in [-0.3, -0.25) is 4.99 Å². The standard InChI is InChI=1S/C12H16N2/c1-3-10-6-4-5-7-11(10)12-13-8-9(2)14-12/h4-7,9H,3,8H2,1-2H3,(H,13,14). The van der Waals surface area contributed by atoms with E-state index in [1.54, 1.807) is 0 Å². The Morgan fingerprint density at radius 3 is 2.86 bits per heavy atom. The van der Waals surface area contributed by atoms with Crippen molar-refractivity contribution in [2.45, 2.75) is 26.3 Å². The van der Waals surface area contributed by atoms with E-state index in [9.17, 15) is 0 Å². The number of nitrogens with zero attached hydrogens (tertiary/aromatic N) is 1. The molecule has 1 aromatic carbocycles. The van der Waals surface area contributed by atoms with Crippen LogP contribution in [0.2, 0.25) is 0 Å². The number of aryl methyl sites for hydroxylation is 1. The van der Waals surface area contributed by atoms with Crippen LogP contribution in [0.4, 0.5) is 0 Å². The maximum absolute atomic E-state index is 4.50. The van der Waals surface area contributed by atoms with Gasteiger partial charge in [0.2, 0.25) is 0 Å². The molecular formula is C12H16N2. The summed E-state index contributed by atoms with van der Waals surface area (Å²) in [6.07, 6.45) is 1.06. The van der Waals surface area contributed by atoms with Gasteiger partial charge in [0, 0.05) is 11.6 Å². The Balaban J connectivity index is 2.32. The molecule has 0 radical (unpaired) electrons. The fourth-order valence-corrected chi connectivity index (χ4v) is 1.78. The zero-order chi connectivity index (χ0) is 9.97. The third kappa shape index (κ3) is 1.65. The molecule has 1 aliphatic heterocycles. The van der Waals surface area contributed by atoms with Crippen molar-refractivity contribution < 1.29 is 0 Å². The number of rotatable bonds is 2. The summed E-state index contributed by atoms with van der Waals surface area (Å²) in [5, 5.41) is 3.39. The van der Waals surface area contributed by atoms with E-state index >= 15 is 0 Å². The molecule has 0 fully saturated rings. The fraction of sp³-hybridized carbons (Fsp3) is 0.417. The van der Waals surface area contributed by atoms with Crippen LogP contribution in [0.15, 0.2) is 29.3 Å². The van der Waals surface area contributed by atoms with Gasteiger partial charge < -0.3 is 5.32 Å². The normalized spacial score (nSPS) is 20.4. The average Bonchev–Trinajstić information content (AvgIpc) is 2.65. The molecule has 1 unspecified atom stereocenters. The van der Waals surface area contributed by atoms with Gasteiger partial charge in [0.25, 0.3) is 0 Å². The Morgan fingerprint density at radius 2 is 2.21 bits per heavy atom. The molecule has 0 amide bonds. The topological polar surface area (TPSA) is 24.4 Å². The lowest BCUT2D eigenvalue weighted by atomic mass is 10.0. The van der Waals surface area contributed by atoms with Crippen molar-refractivity contribution in [3.05, 3.63) is 35.4 Å². The van der Waals surface area contributed by atoms with E-state index in [-0.39, 0.29) is 0 Å². The molecule has 0 aromatic heterocycles. The molecule has 0 bridgehead atoms. The second kappa shape index (κ2) is 3.82. The minimum atomic E-state index is 0.481. The van der Waals surface area contributed by atoms with Crippen LogP contribution in [0, 0.1) is 0 Å². The summed E-state index contributed by atoms with van der Waals surface area (Å²) >= 11 is 0. The minimum Gasteiger partial charge on any atom is -0.366 e. The highest BCUT2D eigenvalue weighted by atomic mass is 15.1. The molecule has 0 saturated heterocycles. The molecule has 74 valence electrons. The van der Waals surface area contributed by atoms with Crippen molar-refractivity contribution in [2.24, 2.45) is 4.99 Å². The maximum atomic E-state index is 4.50. The van der Waals surface area contributed by atoms with E-state index in [1.165, 1.54) is 11.1 Å². The monoisotopic (exact) mass is 188 g/mol. The van der Waals surface area contributed by atoms with Gasteiger partial charge in [0.15, 0.2) is 0 Å². The SMILES string of the molecule is CCc1ccccc1C1=NCC(C)N1. The van der Waals surface area contributed by atoms with Crippen molar-refractivity contribution in [2.75, 3.05) is 6.54 Å². The second-order valence-electron chi connectivity index (χ2n) is 3.75. The molecule has 1 aromatic rings. The Bertz CT molecular complexity index is 355. The van der Waals surface area contributed by atoms with Gasteiger partial charge in [0.05, 0.1) is 6.54 Å². The Hall–Kier alpha value is -1.31. The summed E-state index contributed by atoms with van der Waals surface area (Å²) in [5.41, 5.74) is 2.63. The highest BCUT2D eigenvalue weighted by molar-refractivity contribution is 6.01. The van der Waals surface area contributed by atoms with Crippen molar-refractivity contribution in [1.29, 1.82) is 0 Å². The van der Waals surface area contributed by atoms with Crippen LogP contribution in [0.1, 0.15) is 25.0 Å². The number of hydrogen-bond acceptors (Lipinski definition) is 2. The van der Waals surface area contributed by atoms with E-state index in [0.29, 0.717) is 6.04 Å². The molecular weight excluding hydrogens is 172 g/mol. The second-order valence-corrected chi connectivity index (χ2v) is 3.75. The highest BCUT2D eigenvalue weighted by Gasteiger charge is 2.15. The van der Waals surface area contributed by atoms with E-state index in [2.05, 4.69) is 48.4 Å². The lowest BCUT2D eigenvalue weighted by Gasteiger charge is -2.09. The molecule has 0 saturated carbocycles. The average molecular weight is 188 g/mol. The Labute approximate surface area is 85.1 Å². The summed E-state index contributed by atoms with van der Waals surface area (Å²) in [7, 11) is 0. The minimum absolute atomic E-state index is 0.481. The summed E-state index contributed by atoms with van der Waals surface area (Å²) < 4.78 is 0. The van der Waals surface area contributed by atoms with Crippen molar-refractivity contribution >= 4 is 5.84 Å². The largest absolute Gasteiger partial charge is 0.366 e. The molecule has 2 nitrogen and oxygen atoms in total. The fourth-order valence-electron chi connectivity index (χ4n) is 1.78. The first-order valence-corrected chi connectivity index (χ1v) is 5.20. The molecule has 14 heavy (non-hydrogen) atoms. The molecule has 0 aliphatic carbocycles. The first kappa shape index (κ1) is 9.25. The molecule has 0 spiro atoms. The van der Waals surface area contributed by atoms with Gasteiger partial charge >= 0.3 is 0 Å². The zero-order valence-electron chi connectivity index (χ0n) is 8.75. The van der Waals surface area contributed by atoms with Gasteiger partial charge in [-0.25, -0.2) is 0 Å². The summed E-state index contributed by atoms with van der Waals surface area (Å²) in [5.74, 6) is 1.06. The van der Waals surface area contributed by atoms with E-state index < -0.39 is 0 Å². The first-order valence-electron chi connectivity index (χ1n) is 5.20. The molecule has 1 aliphatic rings. The van der Waals surface area contributed by atoms with Gasteiger partial charge in [-0.1, -0.05) is 31.2 Å². The molecule has 1 atom stereocenters. The summed E-state index contributed by atoms with van der Waals surface area (Å²) in [4.78, 5) is 4.50. The van der Waals surface area contributed by atoms with Crippen LogP contribution in [0.5, 0.6) is 0 Å². The smallest absolute Gasteiger partial charge is 0.128 e. The zero-order valence-corrected chi connectivity index (χ0v) is 8.75. The van der Waals surface area contributed by atoms with Crippen molar-refractivity contribution in [1.82, 2.24) is 5.32 Å². The van der Waals surface area contributed by atoms with Gasteiger partial charge in [-0.15, -0.1) is 0 Å². The number of amidine groups is 1. The quantitative estimate of drug-likeness (QED) is 0.754. The molecule has 2 rings (SSSR count). The van der Waals surface area contributed by atoms with Crippen LogP contribution in [0.3, 0.4) is 0 Å². The van der Waals surface area contributed by atoms with Crippen molar-refractivity contribution in [3.8, 4) is 0 Å². The third-order valence-corrected chi connectivity index (χ3v) is 2.56. The lowest BCUT2D eigenvalue weighted by molar-refractivity contribution is 0.726. The van der Waals surface area contributed by atoms with Crippen LogP contribution in [0.25, 0.3) is 0 Å². The van der Waals surface area contributed by atoms with Gasteiger partial charge in [0.1, 0.15) is 5.84 Å².